The van der Waals surface area contributed by atoms with Crippen LogP contribution < -0.4 is 22.1 Å². The number of aliphatic hydroxyl groups is 4. The van der Waals surface area contributed by atoms with E-state index in [0.29, 0.717) is 11.1 Å². The highest BCUT2D eigenvalue weighted by atomic mass is 16.6. The summed E-state index contributed by atoms with van der Waals surface area (Å²) < 4.78 is 11.4. The molecule has 0 aromatic heterocycles. The summed E-state index contributed by atoms with van der Waals surface area (Å²) in [5.41, 5.74) is 10.3. The average Bonchev–Trinajstić information content (AvgIpc) is 3.20. The lowest BCUT2D eigenvalue weighted by molar-refractivity contribution is -0.165. The van der Waals surface area contributed by atoms with Gasteiger partial charge in [-0.2, -0.15) is 0 Å². The summed E-state index contributed by atoms with van der Waals surface area (Å²) in [4.78, 5) is 67.8. The molecule has 0 saturated carbocycles. The maximum Gasteiger partial charge on any atom is 0.324 e. The largest absolute Gasteiger partial charge is 0.460 e. The van der Waals surface area contributed by atoms with Crippen molar-refractivity contribution < 1.29 is 53.9 Å². The number of carbonyl (C=O) groups is 5. The summed E-state index contributed by atoms with van der Waals surface area (Å²) in [7, 11) is 0. The number of carbonyl (C=O) groups excluding carboxylic acids is 5. The van der Waals surface area contributed by atoms with Crippen LogP contribution in [0.2, 0.25) is 0 Å². The number of aliphatic hydroxyl groups excluding tert-OH is 4. The third-order valence-electron chi connectivity index (χ3n) is 9.34. The van der Waals surface area contributed by atoms with Crippen molar-refractivity contribution in [3.63, 3.8) is 0 Å². The molecule has 0 heterocycles. The van der Waals surface area contributed by atoms with Gasteiger partial charge in [0.15, 0.2) is 11.9 Å². The van der Waals surface area contributed by atoms with Gasteiger partial charge in [0.2, 0.25) is 11.8 Å². The molecule has 15 heteroatoms. The van der Waals surface area contributed by atoms with E-state index in [1.807, 2.05) is 0 Å². The van der Waals surface area contributed by atoms with Crippen LogP contribution in [-0.2, 0) is 33.4 Å². The summed E-state index contributed by atoms with van der Waals surface area (Å²) in [5, 5.41) is 48.8. The van der Waals surface area contributed by atoms with Crippen LogP contribution in [-0.4, -0.2) is 105 Å². The highest BCUT2D eigenvalue weighted by Gasteiger charge is 2.50. The van der Waals surface area contributed by atoms with Crippen LogP contribution in [0.4, 0.5) is 0 Å². The minimum atomic E-state index is -2.44. The number of Topliss-reactive ketones (excluding diaryl/α,β-unsaturated/α-hetero) is 1. The summed E-state index contributed by atoms with van der Waals surface area (Å²) >= 11 is 0. The molecule has 8 atom stereocenters. The lowest BCUT2D eigenvalue weighted by Gasteiger charge is -2.39. The maximum atomic E-state index is 14.1. The van der Waals surface area contributed by atoms with Crippen molar-refractivity contribution >= 4 is 29.5 Å². The van der Waals surface area contributed by atoms with Gasteiger partial charge in [-0.3, -0.25) is 24.0 Å². The van der Waals surface area contributed by atoms with Crippen LogP contribution in [0.25, 0.3) is 0 Å². The molecule has 2 unspecified atom stereocenters. The zero-order chi connectivity index (χ0) is 42.5. The van der Waals surface area contributed by atoms with E-state index in [9.17, 15) is 44.4 Å². The van der Waals surface area contributed by atoms with Gasteiger partial charge in [-0.05, 0) is 50.8 Å². The van der Waals surface area contributed by atoms with Crippen molar-refractivity contribution in [1.29, 1.82) is 0 Å². The second-order valence-corrected chi connectivity index (χ2v) is 14.6. The zero-order valence-corrected chi connectivity index (χ0v) is 32.5. The number of ketones is 1. The molecule has 0 saturated heterocycles. The first kappa shape index (κ1) is 46.1. The van der Waals surface area contributed by atoms with Gasteiger partial charge in [0, 0.05) is 0 Å². The highest BCUT2D eigenvalue weighted by molar-refractivity contribution is 5.97. The van der Waals surface area contributed by atoms with Gasteiger partial charge in [-0.1, -0.05) is 97.1 Å². The van der Waals surface area contributed by atoms with Gasteiger partial charge >= 0.3 is 11.9 Å². The minimum Gasteiger partial charge on any atom is -0.460 e. The third-order valence-corrected chi connectivity index (χ3v) is 9.34. The third kappa shape index (κ3) is 11.9. The Morgan fingerprint density at radius 3 is 1.74 bits per heavy atom. The molecular formula is C42H54N4O11. The number of hydrogen-bond donors (Lipinski definition) is 8. The molecular weight excluding hydrogens is 736 g/mol. The zero-order valence-electron chi connectivity index (χ0n) is 32.5. The molecule has 0 radical (unpaired) electrons. The fourth-order valence-corrected chi connectivity index (χ4v) is 6.24. The molecule has 57 heavy (non-hydrogen) atoms. The minimum absolute atomic E-state index is 0.177. The topological polar surface area (TPSA) is 261 Å². The molecule has 0 aliphatic heterocycles. The van der Waals surface area contributed by atoms with Crippen molar-refractivity contribution in [2.24, 2.45) is 17.4 Å². The second kappa shape index (κ2) is 20.8. The number of amides is 2. The van der Waals surface area contributed by atoms with Crippen LogP contribution in [0.5, 0.6) is 0 Å². The van der Waals surface area contributed by atoms with E-state index in [1.165, 1.54) is 25.1 Å². The smallest absolute Gasteiger partial charge is 0.324 e. The van der Waals surface area contributed by atoms with Crippen molar-refractivity contribution in [3.05, 3.63) is 120 Å². The Labute approximate surface area is 332 Å². The fraction of sp³-hybridized carbons (Fsp3) is 0.405. The van der Waals surface area contributed by atoms with Gasteiger partial charge in [0.25, 0.3) is 0 Å². The van der Waals surface area contributed by atoms with Crippen molar-refractivity contribution in [1.82, 2.24) is 10.6 Å². The average molecular weight is 791 g/mol. The Hall–Kier alpha value is -5.29. The highest BCUT2D eigenvalue weighted by Crippen LogP contribution is 2.31. The normalized spacial score (nSPS) is 16.3. The van der Waals surface area contributed by atoms with E-state index in [0.717, 1.165) is 0 Å². The van der Waals surface area contributed by atoms with Gasteiger partial charge < -0.3 is 52.0 Å². The molecule has 0 spiro atoms. The Morgan fingerprint density at radius 1 is 0.807 bits per heavy atom. The lowest BCUT2D eigenvalue weighted by atomic mass is 9.80. The molecule has 0 aliphatic carbocycles. The number of nitrogens with two attached hydrogens (primary N) is 2. The molecule has 2 amide bonds. The first-order chi connectivity index (χ1) is 26.9. The van der Waals surface area contributed by atoms with Gasteiger partial charge in [0.05, 0.1) is 31.0 Å². The molecule has 10 N–H and O–H groups in total. The first-order valence-electron chi connectivity index (χ1n) is 18.4. The summed E-state index contributed by atoms with van der Waals surface area (Å²) in [6, 6.07) is 21.8. The monoisotopic (exact) mass is 790 g/mol. The molecule has 15 nitrogen and oxygen atoms in total. The van der Waals surface area contributed by atoms with E-state index in [4.69, 9.17) is 20.9 Å². The Morgan fingerprint density at radius 2 is 1.30 bits per heavy atom. The number of rotatable bonds is 20. The van der Waals surface area contributed by atoms with Crippen molar-refractivity contribution in [2.45, 2.75) is 87.7 Å². The summed E-state index contributed by atoms with van der Waals surface area (Å²) in [6.07, 6.45) is -7.11. The van der Waals surface area contributed by atoms with E-state index in [1.54, 1.807) is 99.6 Å². The predicted molar refractivity (Wildman–Crippen MR) is 210 cm³/mol. The fourth-order valence-electron chi connectivity index (χ4n) is 6.24. The molecule has 0 fully saturated rings. The van der Waals surface area contributed by atoms with E-state index in [2.05, 4.69) is 17.2 Å². The number of ether oxygens (including phenoxy) is 2. The lowest BCUT2D eigenvalue weighted by Crippen LogP contribution is -2.68. The Kier molecular flexibility index (Phi) is 16.8. The standard InChI is InChI=1S/C42H54N4O11/c1-6-22-42(46-30(48)23-43,25(2)38(53)57-41(3,4)5)40(55)45-29(24-47)33(49)35(51)36(52)34(50)31(26-16-10-7-11-17-26)32(44)39(54)56-37(27-18-12-8-13-19-27)28-20-14-9-15-21-28/h6-21,25,29,31-33,35-37,47,49,51-52H,1,22-24,43-44H2,2-5H3,(H,45,55)(H,46,48)/t25?,29-,31?,32-,33+,35+,36+,42-/m0/s1. The van der Waals surface area contributed by atoms with Crippen molar-refractivity contribution in [3.8, 4) is 0 Å². The predicted octanol–water partition coefficient (Wildman–Crippen LogP) is 0.927. The van der Waals surface area contributed by atoms with Gasteiger partial charge in [-0.15, -0.1) is 6.58 Å². The maximum absolute atomic E-state index is 14.1. The van der Waals surface area contributed by atoms with Gasteiger partial charge in [-0.25, -0.2) is 0 Å². The number of benzene rings is 3. The summed E-state index contributed by atoms with van der Waals surface area (Å²) in [5.74, 6) is -8.07. The molecule has 0 aliphatic rings. The van der Waals surface area contributed by atoms with Crippen LogP contribution in [0.15, 0.2) is 104 Å². The number of esters is 2. The molecule has 3 rings (SSSR count). The van der Waals surface area contributed by atoms with Crippen LogP contribution in [0.1, 0.15) is 62.8 Å². The number of nitrogens with one attached hydrogen (secondary N) is 2. The van der Waals surface area contributed by atoms with Crippen molar-refractivity contribution in [2.75, 3.05) is 13.2 Å². The summed E-state index contributed by atoms with van der Waals surface area (Å²) in [6.45, 7) is 8.10. The second-order valence-electron chi connectivity index (χ2n) is 14.6. The van der Waals surface area contributed by atoms with E-state index >= 15 is 0 Å². The van der Waals surface area contributed by atoms with E-state index in [-0.39, 0.29) is 12.0 Å². The molecule has 3 aromatic carbocycles. The van der Waals surface area contributed by atoms with Crippen LogP contribution in [0.3, 0.4) is 0 Å². The molecule has 308 valence electrons. The van der Waals surface area contributed by atoms with Crippen LogP contribution >= 0.6 is 0 Å². The number of hydrogen-bond acceptors (Lipinski definition) is 13. The van der Waals surface area contributed by atoms with Crippen LogP contribution in [0, 0.1) is 5.92 Å². The molecule has 0 bridgehead atoms. The quantitative estimate of drug-likeness (QED) is 0.0586. The Balaban J connectivity index is 1.93. The SMILES string of the molecule is C=CC[C@@](NC(=O)CN)(C(=O)N[C@@H](CO)[C@@H](O)[C@@H](O)[C@H](O)C(=O)C(c1ccccc1)[C@H](N)C(=O)OC(c1ccccc1)c1ccccc1)C(C)C(=O)OC(C)(C)C. The van der Waals surface area contributed by atoms with Gasteiger partial charge in [0.1, 0.15) is 35.5 Å². The Bertz CT molecular complexity index is 1770. The first-order valence-corrected chi connectivity index (χ1v) is 18.4. The van der Waals surface area contributed by atoms with E-state index < -0.39 is 102 Å². The molecule has 3 aromatic rings.